The van der Waals surface area contributed by atoms with E-state index in [-0.39, 0.29) is 0 Å². The summed E-state index contributed by atoms with van der Waals surface area (Å²) in [4.78, 5) is 0. The van der Waals surface area contributed by atoms with Crippen molar-refractivity contribution in [3.8, 4) is 0 Å². The number of hydrogen-bond acceptors (Lipinski definition) is 4. The molecular formula is C58H70F28O4. The van der Waals surface area contributed by atoms with Gasteiger partial charge in [-0.05, 0) is 126 Å². The lowest BCUT2D eigenvalue weighted by atomic mass is 9.57. The van der Waals surface area contributed by atoms with E-state index in [9.17, 15) is 26.3 Å². The number of allylic oxidation sites excluding steroid dienone is 2. The number of halogens is 28. The highest BCUT2D eigenvalue weighted by atomic mass is 19.4. The molecule has 522 valence electrons. The predicted molar refractivity (Wildman–Crippen MR) is 264 cm³/mol. The maximum atomic E-state index is 16.1. The molecule has 8 fully saturated rings. The molecule has 0 heterocycles. The van der Waals surface area contributed by atoms with E-state index < -0.39 is 333 Å². The van der Waals surface area contributed by atoms with E-state index in [4.69, 9.17) is 18.9 Å². The van der Waals surface area contributed by atoms with Crippen molar-refractivity contribution in [3.63, 3.8) is 0 Å². The van der Waals surface area contributed by atoms with Gasteiger partial charge in [0.05, 0.1) is 24.4 Å². The van der Waals surface area contributed by atoms with Crippen molar-refractivity contribution in [2.75, 3.05) is 0 Å². The quantitative estimate of drug-likeness (QED) is 0.121. The first-order valence-electron chi connectivity index (χ1n) is 30.1. The monoisotopic (exact) mass is 1360 g/mol. The fourth-order valence-corrected chi connectivity index (χ4v) is 16.9. The van der Waals surface area contributed by atoms with E-state index in [0.29, 0.717) is 12.2 Å². The average molecular weight is 1360 g/mol. The second kappa shape index (κ2) is 27.5. The Morgan fingerprint density at radius 2 is 0.411 bits per heavy atom. The van der Waals surface area contributed by atoms with Gasteiger partial charge in [-0.1, -0.05) is 12.2 Å². The van der Waals surface area contributed by atoms with Crippen LogP contribution < -0.4 is 0 Å². The molecule has 0 N–H and O–H groups in total. The molecule has 8 rings (SSSR count). The number of rotatable bonds is 15. The molecule has 0 spiro atoms. The molecule has 0 amide bonds. The van der Waals surface area contributed by atoms with Gasteiger partial charge in [-0.15, -0.1) is 13.2 Å². The Kier molecular flexibility index (Phi) is 22.3. The Hall–Kier alpha value is -2.64. The summed E-state index contributed by atoms with van der Waals surface area (Å²) in [5, 5.41) is 0. The molecule has 0 aromatic heterocycles. The van der Waals surface area contributed by atoms with Gasteiger partial charge in [0, 0.05) is 23.7 Å². The van der Waals surface area contributed by atoms with Gasteiger partial charge in [0.2, 0.25) is 0 Å². The predicted octanol–water partition coefficient (Wildman–Crippen LogP) is 17.3. The van der Waals surface area contributed by atoms with Crippen LogP contribution in [-0.4, -0.2) is 172 Å². The molecule has 32 heteroatoms. The fraction of sp³-hybridized carbons (Fsp3) is 0.931. The Bertz CT molecular complexity index is 2110. The molecule has 0 bridgehead atoms. The van der Waals surface area contributed by atoms with Crippen LogP contribution in [0.1, 0.15) is 103 Å². The van der Waals surface area contributed by atoms with Crippen LogP contribution in [0.15, 0.2) is 25.3 Å². The first kappa shape index (κ1) is 73.2. The fourth-order valence-electron chi connectivity index (χ4n) is 16.9. The second-order valence-corrected chi connectivity index (χ2v) is 25.9. The molecule has 0 aromatic rings. The summed E-state index contributed by atoms with van der Waals surface area (Å²) in [5.41, 5.74) is -9.03. The zero-order chi connectivity index (χ0) is 67.0. The highest BCUT2D eigenvalue weighted by Gasteiger charge is 2.78. The van der Waals surface area contributed by atoms with Gasteiger partial charge in [0.1, 0.15) is 73.8 Å². The zero-order valence-corrected chi connectivity index (χ0v) is 47.6. The third-order valence-corrected chi connectivity index (χ3v) is 21.4. The van der Waals surface area contributed by atoms with Crippen LogP contribution in [-0.2, 0) is 18.9 Å². The first-order valence-corrected chi connectivity index (χ1v) is 30.1. The Morgan fingerprint density at radius 3 is 0.589 bits per heavy atom. The summed E-state index contributed by atoms with van der Waals surface area (Å²) in [7, 11) is 0. The van der Waals surface area contributed by atoms with E-state index in [1.807, 2.05) is 0 Å². The van der Waals surface area contributed by atoms with Crippen LogP contribution in [0.4, 0.5) is 123 Å². The lowest BCUT2D eigenvalue weighted by molar-refractivity contribution is -0.384. The summed E-state index contributed by atoms with van der Waals surface area (Å²) in [6, 6.07) is 0. The van der Waals surface area contributed by atoms with Crippen molar-refractivity contribution in [2.24, 2.45) is 58.2 Å². The van der Waals surface area contributed by atoms with Crippen LogP contribution in [0.2, 0.25) is 0 Å². The summed E-state index contributed by atoms with van der Waals surface area (Å²) >= 11 is 0. The molecule has 8 saturated carbocycles. The number of hydrogen-bond donors (Lipinski definition) is 0. The number of alkyl halides is 28. The van der Waals surface area contributed by atoms with Crippen molar-refractivity contribution in [1.82, 2.24) is 0 Å². The molecular weight excluding hydrogens is 1290 g/mol. The minimum atomic E-state index is -6.07. The smallest absolute Gasteiger partial charge is 0.369 e. The van der Waals surface area contributed by atoms with Gasteiger partial charge < -0.3 is 18.9 Å². The maximum absolute atomic E-state index is 16.1. The molecule has 0 saturated heterocycles. The molecule has 0 radical (unpaired) electrons. The summed E-state index contributed by atoms with van der Waals surface area (Å²) in [6.45, 7) is 6.33. The summed E-state index contributed by atoms with van der Waals surface area (Å²) in [6.07, 6.45) is -104. The van der Waals surface area contributed by atoms with E-state index >= 15 is 96.6 Å². The third kappa shape index (κ3) is 12.9. The van der Waals surface area contributed by atoms with Gasteiger partial charge in [-0.25, -0.2) is 70.2 Å². The van der Waals surface area contributed by atoms with Crippen molar-refractivity contribution in [1.29, 1.82) is 0 Å². The molecule has 90 heavy (non-hydrogen) atoms. The molecule has 20 atom stereocenters. The topological polar surface area (TPSA) is 36.9 Å². The largest absolute Gasteiger partial charge is 0.403 e. The highest BCUT2D eigenvalue weighted by Crippen LogP contribution is 2.67. The summed E-state index contributed by atoms with van der Waals surface area (Å²) < 4.78 is 448. The van der Waals surface area contributed by atoms with Crippen molar-refractivity contribution < 1.29 is 142 Å². The van der Waals surface area contributed by atoms with Gasteiger partial charge in [-0.3, -0.25) is 0 Å². The molecule has 0 aromatic carbocycles. The van der Waals surface area contributed by atoms with Crippen molar-refractivity contribution >= 4 is 0 Å². The van der Waals surface area contributed by atoms with E-state index in [1.54, 1.807) is 0 Å². The Balaban J connectivity index is 0.869. The second-order valence-electron chi connectivity index (χ2n) is 25.9. The maximum Gasteiger partial charge on any atom is 0.403 e. The molecule has 8 aliphatic carbocycles. The standard InChI is InChI=1S/C58H70F28O4/c1-3-29-33(59)41(67)47(73)49(35(29)61)87-25-13-5-21(6-14-25)53(55(75,76)77,56(78,79)80)23-9-17-27(18-10-23)89-51-43(69)37(63)31(38(64)44(51)70)32-39(65)45(71)52(46(72)40(32)66)90-28-19-11-24(12-20-28)54(57(81,82)83,58(84,85)86)22-7-15-26(16-8-22)88-50-36(62)30(4-2)34(60)42(68)48(50)74/h3-4,21-52H,1-2,5-20H2. The van der Waals surface area contributed by atoms with Gasteiger partial charge >= 0.3 is 24.7 Å². The average Bonchev–Trinajstić information content (AvgIpc) is 0.790. The first-order chi connectivity index (χ1) is 41.8. The Morgan fingerprint density at radius 1 is 0.233 bits per heavy atom. The molecule has 4 nitrogen and oxygen atoms in total. The van der Waals surface area contributed by atoms with Gasteiger partial charge in [0.25, 0.3) is 0 Å². The zero-order valence-electron chi connectivity index (χ0n) is 47.6. The minimum Gasteiger partial charge on any atom is -0.369 e. The normalized spacial score (nSPS) is 47.6. The van der Waals surface area contributed by atoms with E-state index in [2.05, 4.69) is 13.2 Å². The van der Waals surface area contributed by atoms with Crippen LogP contribution in [0.3, 0.4) is 0 Å². The van der Waals surface area contributed by atoms with Gasteiger partial charge in [0.15, 0.2) is 60.2 Å². The SMILES string of the molecule is C=CC1C(F)C(F)C(F)C(OC2CCC(C(C3CCC(OC4C(F)C(F)C(C5C(F)C(F)C(OC6CCC(C(C7CCC(OC8C(F)C(F)C(F)C(C=C)C8F)CC7)(C(F)(F)F)C(F)(F)F)CC6)C(F)C5F)C(F)C4F)CC3)(C(F)(F)F)C(F)(F)F)CC2)C1F. The van der Waals surface area contributed by atoms with Crippen LogP contribution in [0.25, 0.3) is 0 Å². The van der Waals surface area contributed by atoms with E-state index in [0.717, 1.165) is 0 Å². The van der Waals surface area contributed by atoms with Crippen LogP contribution in [0.5, 0.6) is 0 Å². The third-order valence-electron chi connectivity index (χ3n) is 21.4. The van der Waals surface area contributed by atoms with Crippen molar-refractivity contribution in [3.05, 3.63) is 25.3 Å². The van der Waals surface area contributed by atoms with Crippen LogP contribution in [0, 0.1) is 58.2 Å². The summed E-state index contributed by atoms with van der Waals surface area (Å²) in [5.74, 6) is -19.5. The van der Waals surface area contributed by atoms with Gasteiger partial charge in [-0.2, -0.15) is 52.7 Å². The minimum absolute atomic E-state index is 0.664. The molecule has 8 aliphatic rings. The lowest BCUT2D eigenvalue weighted by Crippen LogP contribution is -2.66. The highest BCUT2D eigenvalue weighted by molar-refractivity contribution is 5.13. The lowest BCUT2D eigenvalue weighted by Gasteiger charge is -2.52. The Labute approximate surface area is 499 Å². The van der Waals surface area contributed by atoms with Crippen molar-refractivity contribution in [2.45, 2.75) is 275 Å². The van der Waals surface area contributed by atoms with Crippen LogP contribution >= 0.6 is 0 Å². The molecule has 20 unspecified atom stereocenters. The number of ether oxygens (including phenoxy) is 4. The van der Waals surface area contributed by atoms with E-state index in [1.165, 1.54) is 0 Å². The molecule has 0 aliphatic heterocycles.